The minimum atomic E-state index is -0.824. The van der Waals surface area contributed by atoms with Gasteiger partial charge in [-0.1, -0.05) is 6.07 Å². The highest BCUT2D eigenvalue weighted by Gasteiger charge is 2.16. The van der Waals surface area contributed by atoms with E-state index in [4.69, 9.17) is 4.42 Å². The summed E-state index contributed by atoms with van der Waals surface area (Å²) in [6, 6.07) is 7.78. The van der Waals surface area contributed by atoms with Crippen LogP contribution in [0.1, 0.15) is 17.4 Å². The molecule has 0 saturated carbocycles. The van der Waals surface area contributed by atoms with Crippen LogP contribution in [0.2, 0.25) is 0 Å². The number of hydrogen-bond acceptors (Lipinski definition) is 3. The van der Waals surface area contributed by atoms with Crippen molar-refractivity contribution in [1.82, 2.24) is 10.2 Å². The minimum Gasteiger partial charge on any atom is -0.468 e. The van der Waals surface area contributed by atoms with E-state index in [9.17, 15) is 8.78 Å². The highest BCUT2D eigenvalue weighted by Crippen LogP contribution is 2.17. The molecule has 0 radical (unpaired) electrons. The summed E-state index contributed by atoms with van der Waals surface area (Å²) in [4.78, 5) is 2.04. The van der Waals surface area contributed by atoms with Crippen molar-refractivity contribution in [3.63, 3.8) is 0 Å². The van der Waals surface area contributed by atoms with Crippen LogP contribution in [0.3, 0.4) is 0 Å². The van der Waals surface area contributed by atoms with Gasteiger partial charge >= 0.3 is 0 Å². The number of nitrogens with zero attached hydrogens (tertiary/aromatic N) is 1. The van der Waals surface area contributed by atoms with E-state index >= 15 is 0 Å². The first-order valence-electron chi connectivity index (χ1n) is 6.42. The Morgan fingerprint density at radius 3 is 2.60 bits per heavy atom. The lowest BCUT2D eigenvalue weighted by atomic mass is 10.2. The molecule has 0 saturated heterocycles. The fourth-order valence-electron chi connectivity index (χ4n) is 2.02. The van der Waals surface area contributed by atoms with Gasteiger partial charge in [0, 0.05) is 13.1 Å². The molecule has 1 atom stereocenters. The van der Waals surface area contributed by atoms with Gasteiger partial charge in [0.1, 0.15) is 5.76 Å². The monoisotopic (exact) mass is 280 g/mol. The van der Waals surface area contributed by atoms with Gasteiger partial charge in [-0.2, -0.15) is 0 Å². The highest BCUT2D eigenvalue weighted by molar-refractivity contribution is 5.17. The van der Waals surface area contributed by atoms with Crippen LogP contribution >= 0.6 is 0 Å². The SMILES string of the molecule is CN(C)C(CNCc1ccc(F)c(F)c1)c1ccco1. The van der Waals surface area contributed by atoms with E-state index in [1.165, 1.54) is 6.07 Å². The zero-order valence-corrected chi connectivity index (χ0v) is 11.6. The largest absolute Gasteiger partial charge is 0.468 e. The van der Waals surface area contributed by atoms with Crippen LogP contribution in [0.4, 0.5) is 8.78 Å². The zero-order valence-electron chi connectivity index (χ0n) is 11.6. The molecule has 1 heterocycles. The first-order valence-corrected chi connectivity index (χ1v) is 6.42. The number of hydrogen-bond donors (Lipinski definition) is 1. The topological polar surface area (TPSA) is 28.4 Å². The fourth-order valence-corrected chi connectivity index (χ4v) is 2.02. The predicted octanol–water partition coefficient (Wildman–Crippen LogP) is 2.95. The summed E-state index contributed by atoms with van der Waals surface area (Å²) in [7, 11) is 3.93. The van der Waals surface area contributed by atoms with Crippen LogP contribution in [-0.4, -0.2) is 25.5 Å². The second-order valence-electron chi connectivity index (χ2n) is 4.87. The third-order valence-corrected chi connectivity index (χ3v) is 3.15. The Morgan fingerprint density at radius 1 is 1.20 bits per heavy atom. The van der Waals surface area contributed by atoms with Crippen LogP contribution in [0.25, 0.3) is 0 Å². The van der Waals surface area contributed by atoms with Gasteiger partial charge in [0.2, 0.25) is 0 Å². The lowest BCUT2D eigenvalue weighted by Gasteiger charge is -2.22. The van der Waals surface area contributed by atoms with Gasteiger partial charge in [0.25, 0.3) is 0 Å². The van der Waals surface area contributed by atoms with Crippen LogP contribution in [0.15, 0.2) is 41.0 Å². The zero-order chi connectivity index (χ0) is 14.5. The first kappa shape index (κ1) is 14.7. The molecular weight excluding hydrogens is 262 g/mol. The number of furan rings is 1. The normalized spacial score (nSPS) is 12.8. The van der Waals surface area contributed by atoms with Gasteiger partial charge in [0.05, 0.1) is 12.3 Å². The number of benzene rings is 1. The molecule has 0 aliphatic carbocycles. The molecule has 20 heavy (non-hydrogen) atoms. The van der Waals surface area contributed by atoms with Gasteiger partial charge in [-0.25, -0.2) is 8.78 Å². The Morgan fingerprint density at radius 2 is 2.00 bits per heavy atom. The molecule has 0 aliphatic heterocycles. The van der Waals surface area contributed by atoms with E-state index in [-0.39, 0.29) is 6.04 Å². The highest BCUT2D eigenvalue weighted by atomic mass is 19.2. The molecule has 1 aromatic heterocycles. The van der Waals surface area contributed by atoms with E-state index in [1.54, 1.807) is 12.3 Å². The number of likely N-dealkylation sites (N-methyl/N-ethyl adjacent to an activating group) is 1. The average Bonchev–Trinajstić information content (AvgIpc) is 2.92. The third kappa shape index (κ3) is 3.65. The Labute approximate surface area is 117 Å². The van der Waals surface area contributed by atoms with E-state index in [2.05, 4.69) is 5.32 Å². The molecule has 5 heteroatoms. The van der Waals surface area contributed by atoms with Crippen LogP contribution in [0.5, 0.6) is 0 Å². The van der Waals surface area contributed by atoms with E-state index in [1.807, 2.05) is 31.1 Å². The van der Waals surface area contributed by atoms with E-state index < -0.39 is 11.6 Å². The number of rotatable bonds is 6. The number of nitrogens with one attached hydrogen (secondary N) is 1. The maximum Gasteiger partial charge on any atom is 0.159 e. The molecule has 108 valence electrons. The molecule has 0 fully saturated rings. The molecule has 0 spiro atoms. The van der Waals surface area contributed by atoms with Crippen molar-refractivity contribution in [2.24, 2.45) is 0 Å². The lowest BCUT2D eigenvalue weighted by Crippen LogP contribution is -2.30. The Hall–Kier alpha value is -1.72. The summed E-state index contributed by atoms with van der Waals surface area (Å²) in [6.07, 6.45) is 1.64. The molecule has 0 aliphatic rings. The summed E-state index contributed by atoms with van der Waals surface area (Å²) in [5.41, 5.74) is 0.709. The van der Waals surface area contributed by atoms with Crippen LogP contribution in [0, 0.1) is 11.6 Å². The second-order valence-corrected chi connectivity index (χ2v) is 4.87. The lowest BCUT2D eigenvalue weighted by molar-refractivity contribution is 0.250. The van der Waals surface area contributed by atoms with Crippen LogP contribution in [-0.2, 0) is 6.54 Å². The quantitative estimate of drug-likeness (QED) is 0.882. The van der Waals surface area contributed by atoms with Crippen molar-refractivity contribution >= 4 is 0 Å². The fraction of sp³-hybridized carbons (Fsp3) is 0.333. The molecule has 1 unspecified atom stereocenters. The number of halogens is 2. The Bertz CT molecular complexity index is 541. The molecule has 3 nitrogen and oxygen atoms in total. The summed E-state index contributed by atoms with van der Waals surface area (Å²) in [5, 5.41) is 3.23. The van der Waals surface area contributed by atoms with Crippen molar-refractivity contribution in [1.29, 1.82) is 0 Å². The second kappa shape index (κ2) is 6.63. The van der Waals surface area contributed by atoms with E-state index in [0.29, 0.717) is 18.7 Å². The van der Waals surface area contributed by atoms with Crippen LogP contribution < -0.4 is 5.32 Å². The molecule has 1 N–H and O–H groups in total. The van der Waals surface area contributed by atoms with E-state index in [0.717, 1.165) is 11.8 Å². The molecule has 2 aromatic rings. The minimum absolute atomic E-state index is 0.0929. The molecular formula is C15H18F2N2O. The van der Waals surface area contributed by atoms with Crippen molar-refractivity contribution in [3.8, 4) is 0 Å². The summed E-state index contributed by atoms with van der Waals surface area (Å²) < 4.78 is 31.3. The van der Waals surface area contributed by atoms with Crippen molar-refractivity contribution in [2.75, 3.05) is 20.6 Å². The first-order chi connectivity index (χ1) is 9.58. The molecule has 2 rings (SSSR count). The summed E-state index contributed by atoms with van der Waals surface area (Å²) in [6.45, 7) is 1.13. The van der Waals surface area contributed by atoms with Gasteiger partial charge in [-0.15, -0.1) is 0 Å². The summed E-state index contributed by atoms with van der Waals surface area (Å²) in [5.74, 6) is -0.775. The van der Waals surface area contributed by atoms with Crippen molar-refractivity contribution < 1.29 is 13.2 Å². The summed E-state index contributed by atoms with van der Waals surface area (Å²) >= 11 is 0. The Balaban J connectivity index is 1.92. The third-order valence-electron chi connectivity index (χ3n) is 3.15. The van der Waals surface area contributed by atoms with Gasteiger partial charge < -0.3 is 9.73 Å². The molecule has 1 aromatic carbocycles. The predicted molar refractivity (Wildman–Crippen MR) is 73.2 cm³/mol. The average molecular weight is 280 g/mol. The van der Waals surface area contributed by atoms with Gasteiger partial charge in [-0.3, -0.25) is 4.90 Å². The Kier molecular flexibility index (Phi) is 4.87. The van der Waals surface area contributed by atoms with Crippen molar-refractivity contribution in [2.45, 2.75) is 12.6 Å². The standard InChI is InChI=1S/C15H18F2N2O/c1-19(2)14(15-4-3-7-20-15)10-18-9-11-5-6-12(16)13(17)8-11/h3-8,14,18H,9-10H2,1-2H3. The van der Waals surface area contributed by atoms with Gasteiger partial charge in [0.15, 0.2) is 11.6 Å². The maximum absolute atomic E-state index is 13.1. The van der Waals surface area contributed by atoms with Gasteiger partial charge in [-0.05, 0) is 43.9 Å². The smallest absolute Gasteiger partial charge is 0.159 e. The maximum atomic E-state index is 13.1. The molecule has 0 bridgehead atoms. The molecule has 0 amide bonds. The van der Waals surface area contributed by atoms with Crippen molar-refractivity contribution in [3.05, 3.63) is 59.6 Å².